The highest BCUT2D eigenvalue weighted by Crippen LogP contribution is 2.38. The van der Waals surface area contributed by atoms with Gasteiger partial charge in [0.2, 0.25) is 0 Å². The van der Waals surface area contributed by atoms with Crippen LogP contribution in [0.5, 0.6) is 5.75 Å². The Bertz CT molecular complexity index is 1040. The number of aldehydes is 1. The molecule has 4 rings (SSSR count). The highest BCUT2D eigenvalue weighted by Gasteiger charge is 2.27. The Balaban J connectivity index is 1.92. The molecule has 0 spiro atoms. The van der Waals surface area contributed by atoms with Gasteiger partial charge < -0.3 is 9.64 Å². The average Bonchev–Trinajstić information content (AvgIpc) is 3.16. The van der Waals surface area contributed by atoms with E-state index >= 15 is 0 Å². The van der Waals surface area contributed by atoms with E-state index in [1.807, 2.05) is 48.8 Å². The maximum absolute atomic E-state index is 11.9. The summed E-state index contributed by atoms with van der Waals surface area (Å²) in [5.41, 5.74) is 3.64. The van der Waals surface area contributed by atoms with E-state index in [1.54, 1.807) is 11.9 Å². The fourth-order valence-electron chi connectivity index (χ4n) is 3.17. The summed E-state index contributed by atoms with van der Waals surface area (Å²) in [4.78, 5) is 30.8. The van der Waals surface area contributed by atoms with Crippen molar-refractivity contribution in [2.45, 2.75) is 26.2 Å². The fourth-order valence-corrected chi connectivity index (χ4v) is 4.08. The predicted molar refractivity (Wildman–Crippen MR) is 101 cm³/mol. The molecule has 26 heavy (non-hydrogen) atoms. The van der Waals surface area contributed by atoms with E-state index in [-0.39, 0.29) is 17.9 Å². The van der Waals surface area contributed by atoms with Crippen LogP contribution in [0, 0.1) is 0 Å². The first-order valence-electron chi connectivity index (χ1n) is 8.30. The molecular formula is C19H19N3O3S. The summed E-state index contributed by atoms with van der Waals surface area (Å²) in [5.74, 6) is 0.593. The van der Waals surface area contributed by atoms with Crippen LogP contribution in [0.1, 0.15) is 37.0 Å². The van der Waals surface area contributed by atoms with Crippen molar-refractivity contribution in [3.63, 3.8) is 0 Å². The van der Waals surface area contributed by atoms with Gasteiger partial charge in [-0.15, -0.1) is 11.3 Å². The third-order valence-corrected chi connectivity index (χ3v) is 5.39. The molecule has 0 bridgehead atoms. The lowest BCUT2D eigenvalue weighted by Gasteiger charge is -2.26. The van der Waals surface area contributed by atoms with Gasteiger partial charge in [-0.3, -0.25) is 14.0 Å². The Labute approximate surface area is 155 Å². The molecule has 0 atom stereocenters. The molecule has 1 aliphatic heterocycles. The van der Waals surface area contributed by atoms with Crippen molar-refractivity contribution in [3.05, 3.63) is 35.0 Å². The number of ether oxygens (including phenoxy) is 1. The molecule has 0 unspecified atom stereocenters. The number of thiazole rings is 1. The highest BCUT2D eigenvalue weighted by molar-refractivity contribution is 7.15. The second-order valence-electron chi connectivity index (χ2n) is 7.38. The lowest BCUT2D eigenvalue weighted by molar-refractivity contribution is -0.120. The molecule has 0 fully saturated rings. The maximum atomic E-state index is 11.9. The van der Waals surface area contributed by atoms with Gasteiger partial charge in [-0.25, -0.2) is 4.98 Å². The maximum Gasteiger partial charge on any atom is 0.264 e. The topological polar surface area (TPSA) is 63.9 Å². The molecule has 3 aromatic rings. The lowest BCUT2D eigenvalue weighted by atomic mass is 9.91. The molecule has 3 heterocycles. The van der Waals surface area contributed by atoms with Crippen molar-refractivity contribution in [1.82, 2.24) is 9.38 Å². The number of carbonyl (C=O) groups is 2. The first-order valence-corrected chi connectivity index (χ1v) is 9.18. The molecule has 6 nitrogen and oxygen atoms in total. The Hall–Kier alpha value is -2.67. The van der Waals surface area contributed by atoms with Crippen LogP contribution in [0.15, 0.2) is 23.6 Å². The van der Waals surface area contributed by atoms with E-state index in [0.717, 1.165) is 33.9 Å². The summed E-state index contributed by atoms with van der Waals surface area (Å²) in [6.07, 6.45) is 0.869. The van der Waals surface area contributed by atoms with Gasteiger partial charge in [0.1, 0.15) is 11.4 Å². The number of rotatable bonds is 2. The number of nitrogens with zero attached hydrogens (tertiary/aromatic N) is 3. The van der Waals surface area contributed by atoms with E-state index < -0.39 is 0 Å². The Morgan fingerprint density at radius 3 is 2.77 bits per heavy atom. The summed E-state index contributed by atoms with van der Waals surface area (Å²) in [7, 11) is 1.74. The number of fused-ring (bicyclic) bond motifs is 2. The lowest BCUT2D eigenvalue weighted by Crippen LogP contribution is -2.35. The number of benzene rings is 1. The van der Waals surface area contributed by atoms with Gasteiger partial charge in [0, 0.05) is 23.4 Å². The molecule has 1 aromatic carbocycles. The zero-order valence-corrected chi connectivity index (χ0v) is 15.9. The Morgan fingerprint density at radius 1 is 1.31 bits per heavy atom. The number of imidazole rings is 1. The molecule has 1 aliphatic rings. The minimum Gasteiger partial charge on any atom is -0.482 e. The molecule has 0 N–H and O–H groups in total. The third-order valence-electron chi connectivity index (χ3n) is 4.56. The van der Waals surface area contributed by atoms with Gasteiger partial charge >= 0.3 is 0 Å². The number of aromatic nitrogens is 2. The van der Waals surface area contributed by atoms with Crippen molar-refractivity contribution in [1.29, 1.82) is 0 Å². The number of hydrogen-bond donors (Lipinski definition) is 0. The van der Waals surface area contributed by atoms with Gasteiger partial charge in [-0.2, -0.15) is 0 Å². The van der Waals surface area contributed by atoms with E-state index in [1.165, 1.54) is 11.3 Å². The average molecular weight is 369 g/mol. The normalized spacial score (nSPS) is 14.5. The van der Waals surface area contributed by atoms with Gasteiger partial charge in [0.05, 0.1) is 17.1 Å². The van der Waals surface area contributed by atoms with Gasteiger partial charge in [0.25, 0.3) is 5.91 Å². The van der Waals surface area contributed by atoms with Crippen molar-refractivity contribution in [2.24, 2.45) is 0 Å². The number of hydrogen-bond acceptors (Lipinski definition) is 5. The zero-order chi connectivity index (χ0) is 18.6. The van der Waals surface area contributed by atoms with Gasteiger partial charge in [0.15, 0.2) is 17.9 Å². The standard InChI is InChI=1S/C19H19N3O3S/c1-19(2,3)17-13(8-23)22-14(10-26-18(22)20-17)11-5-6-15-12(7-11)21(4)16(24)9-25-15/h5-8,10H,9H2,1-4H3. The van der Waals surface area contributed by atoms with Crippen LogP contribution in [0.3, 0.4) is 0 Å². The quantitative estimate of drug-likeness (QED) is 0.648. The minimum absolute atomic E-state index is 0.0529. The predicted octanol–water partition coefficient (Wildman–Crippen LogP) is 3.53. The van der Waals surface area contributed by atoms with E-state index in [9.17, 15) is 9.59 Å². The van der Waals surface area contributed by atoms with Crippen molar-refractivity contribution in [2.75, 3.05) is 18.6 Å². The molecule has 0 aliphatic carbocycles. The first-order chi connectivity index (χ1) is 12.3. The van der Waals surface area contributed by atoms with Crippen LogP contribution >= 0.6 is 11.3 Å². The first kappa shape index (κ1) is 16.8. The number of likely N-dealkylation sites (N-methyl/N-ethyl adjacent to an activating group) is 1. The largest absolute Gasteiger partial charge is 0.482 e. The van der Waals surface area contributed by atoms with Gasteiger partial charge in [-0.1, -0.05) is 20.8 Å². The van der Waals surface area contributed by atoms with Crippen molar-refractivity contribution >= 4 is 34.2 Å². The van der Waals surface area contributed by atoms with Gasteiger partial charge in [-0.05, 0) is 18.2 Å². The Kier molecular flexibility index (Phi) is 3.66. The van der Waals surface area contributed by atoms with Crippen LogP contribution in [0.25, 0.3) is 16.2 Å². The minimum atomic E-state index is -0.227. The van der Waals surface area contributed by atoms with Crippen LogP contribution in [-0.2, 0) is 10.2 Å². The van der Waals surface area contributed by atoms with Crippen LogP contribution in [0.4, 0.5) is 5.69 Å². The molecule has 0 radical (unpaired) electrons. The summed E-state index contributed by atoms with van der Waals surface area (Å²) in [6.45, 7) is 6.19. The molecular weight excluding hydrogens is 350 g/mol. The highest BCUT2D eigenvalue weighted by atomic mass is 32.1. The molecule has 0 saturated heterocycles. The van der Waals surface area contributed by atoms with E-state index in [4.69, 9.17) is 4.74 Å². The van der Waals surface area contributed by atoms with E-state index in [2.05, 4.69) is 4.98 Å². The monoisotopic (exact) mass is 369 g/mol. The second kappa shape index (κ2) is 5.67. The van der Waals surface area contributed by atoms with Crippen LogP contribution < -0.4 is 9.64 Å². The summed E-state index contributed by atoms with van der Waals surface area (Å²) in [5, 5.41) is 1.98. The molecule has 2 aromatic heterocycles. The summed E-state index contributed by atoms with van der Waals surface area (Å²) >= 11 is 1.50. The summed E-state index contributed by atoms with van der Waals surface area (Å²) < 4.78 is 7.39. The number of carbonyl (C=O) groups excluding carboxylic acids is 2. The smallest absolute Gasteiger partial charge is 0.264 e. The van der Waals surface area contributed by atoms with Crippen LogP contribution in [0.2, 0.25) is 0 Å². The number of amides is 1. The van der Waals surface area contributed by atoms with E-state index in [0.29, 0.717) is 11.4 Å². The van der Waals surface area contributed by atoms with Crippen LogP contribution in [-0.4, -0.2) is 35.2 Å². The Morgan fingerprint density at radius 2 is 2.08 bits per heavy atom. The second-order valence-corrected chi connectivity index (χ2v) is 8.21. The zero-order valence-electron chi connectivity index (χ0n) is 15.1. The molecule has 1 amide bonds. The molecule has 134 valence electrons. The summed E-state index contributed by atoms with van der Waals surface area (Å²) in [6, 6.07) is 5.72. The van der Waals surface area contributed by atoms with Crippen molar-refractivity contribution in [3.8, 4) is 17.0 Å². The molecule has 0 saturated carbocycles. The number of anilines is 1. The fraction of sp³-hybridized carbons (Fsp3) is 0.316. The third kappa shape index (κ3) is 2.42. The molecule has 7 heteroatoms. The van der Waals surface area contributed by atoms with Crippen molar-refractivity contribution < 1.29 is 14.3 Å². The SMILES string of the molecule is CN1C(=O)COc2ccc(-c3csc4nc(C(C)(C)C)c(C=O)n34)cc21.